The van der Waals surface area contributed by atoms with E-state index >= 15 is 0 Å². The number of likely N-dealkylation sites (tertiary alicyclic amines) is 1. The number of anilines is 1. The van der Waals surface area contributed by atoms with Crippen molar-refractivity contribution in [1.29, 1.82) is 0 Å². The van der Waals surface area contributed by atoms with Crippen molar-refractivity contribution >= 4 is 50.2 Å². The molecule has 6 rings (SSSR count). The monoisotopic (exact) mass is 630 g/mol. The summed E-state index contributed by atoms with van der Waals surface area (Å²) in [7, 11) is 0. The van der Waals surface area contributed by atoms with Crippen LogP contribution in [0.25, 0.3) is 22.0 Å². The van der Waals surface area contributed by atoms with Gasteiger partial charge in [-0.1, -0.05) is 19.1 Å². The van der Waals surface area contributed by atoms with Gasteiger partial charge in [-0.25, -0.2) is 4.98 Å². The molecule has 3 aromatic heterocycles. The van der Waals surface area contributed by atoms with Gasteiger partial charge >= 0.3 is 0 Å². The molecular formula is C31H31BrN6O4. The average Bonchev–Trinajstić information content (AvgIpc) is 3.30. The van der Waals surface area contributed by atoms with Crippen molar-refractivity contribution in [3.63, 3.8) is 0 Å². The lowest BCUT2D eigenvalue weighted by Crippen LogP contribution is -2.47. The van der Waals surface area contributed by atoms with E-state index in [9.17, 15) is 19.5 Å². The van der Waals surface area contributed by atoms with Gasteiger partial charge in [0.25, 0.3) is 0 Å². The predicted octanol–water partition coefficient (Wildman–Crippen LogP) is 4.59. The maximum Gasteiger partial charge on any atom is 0.248 e. The Labute approximate surface area is 251 Å². The van der Waals surface area contributed by atoms with Gasteiger partial charge in [-0.05, 0) is 89.0 Å². The maximum absolute atomic E-state index is 13.9. The fraction of sp³-hybridized carbons (Fsp3) is 0.355. The summed E-state index contributed by atoms with van der Waals surface area (Å²) in [5, 5.41) is 17.5. The lowest BCUT2D eigenvalue weighted by molar-refractivity contribution is -0.138. The number of amides is 2. The molecule has 4 heterocycles. The highest BCUT2D eigenvalue weighted by Gasteiger charge is 2.64. The summed E-state index contributed by atoms with van der Waals surface area (Å²) in [4.78, 5) is 50.4. The first-order valence-corrected chi connectivity index (χ1v) is 14.6. The molecule has 1 aromatic carbocycles. The minimum Gasteiger partial charge on any atom is -0.390 e. The summed E-state index contributed by atoms with van der Waals surface area (Å²) in [5.41, 5.74) is 4.82. The number of carbonyl (C=O) groups excluding carboxylic acids is 3. The Morgan fingerprint density at radius 1 is 1.10 bits per heavy atom. The highest BCUT2D eigenvalue weighted by Crippen LogP contribution is 2.59. The molecule has 0 spiro atoms. The summed E-state index contributed by atoms with van der Waals surface area (Å²) in [6.07, 6.45) is 3.11. The molecule has 2 N–H and O–H groups in total. The summed E-state index contributed by atoms with van der Waals surface area (Å²) < 4.78 is 2.20. The minimum absolute atomic E-state index is 0.0199. The standard InChI is InChI=1S/C31H31BrN6O4/c1-16-5-8-25(32)34-29(16)35-30(42)23-11-31(4)12-24(31)38(23)26(41)14-37-28-17(2)9-20(10-22(28)27(36-37)18(3)40)19-6-7-21(15-39)33-13-19/h5-10,13,23-24,39H,11-12,14-15H2,1-4H3,(H,34,35,42)/t23-,24+,31-/m0/s1. The summed E-state index contributed by atoms with van der Waals surface area (Å²) in [5.74, 6) is -0.222. The molecule has 2 fully saturated rings. The van der Waals surface area contributed by atoms with E-state index in [4.69, 9.17) is 0 Å². The Morgan fingerprint density at radius 3 is 2.57 bits per heavy atom. The van der Waals surface area contributed by atoms with Crippen molar-refractivity contribution in [3.05, 3.63) is 69.7 Å². The smallest absolute Gasteiger partial charge is 0.248 e. The molecule has 0 radical (unpaired) electrons. The molecule has 2 amide bonds. The van der Waals surface area contributed by atoms with E-state index in [0.717, 1.165) is 28.7 Å². The molecule has 42 heavy (non-hydrogen) atoms. The molecule has 216 valence electrons. The third kappa shape index (κ3) is 4.90. The normalized spacial score (nSPS) is 21.0. The van der Waals surface area contributed by atoms with Crippen LogP contribution in [0.2, 0.25) is 0 Å². The van der Waals surface area contributed by atoms with Gasteiger partial charge in [-0.3, -0.25) is 24.0 Å². The third-order valence-electron chi connectivity index (χ3n) is 8.50. The minimum atomic E-state index is -0.627. The van der Waals surface area contributed by atoms with Gasteiger partial charge in [-0.15, -0.1) is 0 Å². The van der Waals surface area contributed by atoms with Crippen LogP contribution in [0.4, 0.5) is 5.82 Å². The first-order valence-electron chi connectivity index (χ1n) is 13.8. The lowest BCUT2D eigenvalue weighted by Gasteiger charge is -2.27. The summed E-state index contributed by atoms with van der Waals surface area (Å²) in [6, 6.07) is 10.5. The van der Waals surface area contributed by atoms with E-state index in [0.29, 0.717) is 33.4 Å². The first kappa shape index (κ1) is 28.2. The van der Waals surface area contributed by atoms with Crippen LogP contribution in [0.1, 0.15) is 54.0 Å². The Bertz CT molecular complexity index is 1770. The van der Waals surface area contributed by atoms with E-state index in [1.54, 1.807) is 21.8 Å². The van der Waals surface area contributed by atoms with Gasteiger partial charge in [-0.2, -0.15) is 5.10 Å². The van der Waals surface area contributed by atoms with Crippen LogP contribution in [0, 0.1) is 19.3 Å². The Kier molecular flexibility index (Phi) is 6.97. The number of carbonyl (C=O) groups is 3. The van der Waals surface area contributed by atoms with Crippen LogP contribution < -0.4 is 5.32 Å². The van der Waals surface area contributed by atoms with E-state index in [2.05, 4.69) is 43.2 Å². The van der Waals surface area contributed by atoms with Gasteiger partial charge < -0.3 is 15.3 Å². The van der Waals surface area contributed by atoms with Crippen LogP contribution >= 0.6 is 15.9 Å². The largest absolute Gasteiger partial charge is 0.390 e. The zero-order valence-corrected chi connectivity index (χ0v) is 25.4. The van der Waals surface area contributed by atoms with Gasteiger partial charge in [0, 0.05) is 30.1 Å². The number of fused-ring (bicyclic) bond motifs is 2. The number of hydrogen-bond acceptors (Lipinski definition) is 7. The molecular weight excluding hydrogens is 600 g/mol. The molecule has 4 aromatic rings. The number of rotatable bonds is 7. The molecule has 1 saturated heterocycles. The van der Waals surface area contributed by atoms with Crippen LogP contribution in [-0.2, 0) is 22.7 Å². The van der Waals surface area contributed by atoms with Crippen molar-refractivity contribution in [3.8, 4) is 11.1 Å². The molecule has 2 aliphatic rings. The van der Waals surface area contributed by atoms with Crippen molar-refractivity contribution < 1.29 is 19.5 Å². The topological polar surface area (TPSA) is 130 Å². The number of aliphatic hydroxyl groups excluding tert-OH is 1. The van der Waals surface area contributed by atoms with Crippen molar-refractivity contribution in [2.45, 2.75) is 65.8 Å². The zero-order chi connectivity index (χ0) is 29.9. The molecule has 0 bridgehead atoms. The van der Waals surface area contributed by atoms with E-state index in [1.807, 2.05) is 44.2 Å². The van der Waals surface area contributed by atoms with Gasteiger partial charge in [0.2, 0.25) is 11.8 Å². The highest BCUT2D eigenvalue weighted by atomic mass is 79.9. The number of aromatic nitrogens is 4. The molecule has 1 aliphatic heterocycles. The summed E-state index contributed by atoms with van der Waals surface area (Å²) in [6.45, 7) is 7.12. The van der Waals surface area contributed by atoms with Crippen LogP contribution in [0.15, 0.2) is 47.2 Å². The molecule has 1 saturated carbocycles. The fourth-order valence-corrected chi connectivity index (χ4v) is 6.47. The predicted molar refractivity (Wildman–Crippen MR) is 161 cm³/mol. The number of pyridine rings is 2. The van der Waals surface area contributed by atoms with Gasteiger partial charge in [0.15, 0.2) is 5.78 Å². The lowest BCUT2D eigenvalue weighted by atomic mass is 10.00. The molecule has 10 nitrogen and oxygen atoms in total. The SMILES string of the molecule is CC(=O)c1nn(CC(=O)N2[C@H](C(=O)Nc3nc(Br)ccc3C)C[C@@]3(C)C[C@@H]23)c2c(C)cc(-c3ccc(CO)nc3)cc12. The van der Waals surface area contributed by atoms with Crippen LogP contribution in [0.3, 0.4) is 0 Å². The fourth-order valence-electron chi connectivity index (χ4n) is 6.16. The number of nitrogens with zero attached hydrogens (tertiary/aromatic N) is 5. The van der Waals surface area contributed by atoms with Crippen LogP contribution in [-0.4, -0.2) is 59.4 Å². The van der Waals surface area contributed by atoms with Crippen molar-refractivity contribution in [2.75, 3.05) is 5.32 Å². The second-order valence-corrected chi connectivity index (χ2v) is 12.4. The van der Waals surface area contributed by atoms with Gasteiger partial charge in [0.1, 0.15) is 28.7 Å². The number of aliphatic hydroxyl groups is 1. The van der Waals surface area contributed by atoms with E-state index in [-0.39, 0.29) is 47.9 Å². The number of benzene rings is 1. The number of hydrogen-bond donors (Lipinski definition) is 2. The second kappa shape index (κ2) is 10.4. The number of ketones is 1. The third-order valence-corrected chi connectivity index (χ3v) is 8.95. The zero-order valence-electron chi connectivity index (χ0n) is 23.8. The highest BCUT2D eigenvalue weighted by molar-refractivity contribution is 9.10. The molecule has 0 unspecified atom stereocenters. The molecule has 1 aliphatic carbocycles. The Hall–Kier alpha value is -3.96. The van der Waals surface area contributed by atoms with Crippen LogP contribution in [0.5, 0.6) is 0 Å². The Balaban J connectivity index is 1.31. The second-order valence-electron chi connectivity index (χ2n) is 11.6. The number of halogens is 1. The first-order chi connectivity index (χ1) is 20.0. The Morgan fingerprint density at radius 2 is 1.88 bits per heavy atom. The maximum atomic E-state index is 13.9. The van der Waals surface area contributed by atoms with Crippen molar-refractivity contribution in [1.82, 2.24) is 24.6 Å². The van der Waals surface area contributed by atoms with E-state index < -0.39 is 6.04 Å². The quantitative estimate of drug-likeness (QED) is 0.226. The summed E-state index contributed by atoms with van der Waals surface area (Å²) >= 11 is 3.36. The average molecular weight is 632 g/mol. The van der Waals surface area contributed by atoms with Gasteiger partial charge in [0.05, 0.1) is 17.8 Å². The number of Topliss-reactive ketones (excluding diaryl/α,β-unsaturated/α-hetero) is 1. The van der Waals surface area contributed by atoms with Crippen molar-refractivity contribution in [2.24, 2.45) is 5.41 Å². The molecule has 11 heteroatoms. The van der Waals surface area contributed by atoms with E-state index in [1.165, 1.54) is 6.92 Å². The number of aryl methyl sites for hydroxylation is 2. The number of nitrogens with one attached hydrogen (secondary N) is 1. The molecule has 3 atom stereocenters. The number of piperidine rings is 1.